The second kappa shape index (κ2) is 6.52. The Kier molecular flexibility index (Phi) is 4.05. The van der Waals surface area contributed by atoms with Crippen LogP contribution in [0.5, 0.6) is 0 Å². The van der Waals surface area contributed by atoms with Crippen LogP contribution in [0.3, 0.4) is 0 Å². The SMILES string of the molecule is N#Cc1cccc(N2CCN(C(=O)c3ccc(F)c4ccoc34)CC2)c1. The fourth-order valence-corrected chi connectivity index (χ4v) is 3.31. The molecule has 2 aromatic carbocycles. The molecule has 4 rings (SSSR count). The smallest absolute Gasteiger partial charge is 0.257 e. The summed E-state index contributed by atoms with van der Waals surface area (Å²) in [5.41, 5.74) is 2.27. The first-order chi connectivity index (χ1) is 12.7. The van der Waals surface area contributed by atoms with E-state index < -0.39 is 5.82 Å². The number of halogens is 1. The van der Waals surface area contributed by atoms with Crippen LogP contribution in [0, 0.1) is 17.1 Å². The summed E-state index contributed by atoms with van der Waals surface area (Å²) in [6, 6.07) is 13.9. The molecule has 0 radical (unpaired) electrons. The monoisotopic (exact) mass is 349 g/mol. The van der Waals surface area contributed by atoms with Crippen LogP contribution < -0.4 is 4.90 Å². The van der Waals surface area contributed by atoms with E-state index in [4.69, 9.17) is 9.68 Å². The van der Waals surface area contributed by atoms with Crippen LogP contribution in [-0.4, -0.2) is 37.0 Å². The molecule has 0 atom stereocenters. The van der Waals surface area contributed by atoms with Gasteiger partial charge >= 0.3 is 0 Å². The minimum absolute atomic E-state index is 0.157. The van der Waals surface area contributed by atoms with Gasteiger partial charge in [0.15, 0.2) is 0 Å². The molecule has 3 aromatic rings. The lowest BCUT2D eigenvalue weighted by Crippen LogP contribution is -2.48. The number of furan rings is 1. The molecule has 130 valence electrons. The van der Waals surface area contributed by atoms with Gasteiger partial charge in [-0.3, -0.25) is 4.79 Å². The molecule has 1 aliphatic heterocycles. The number of carbonyl (C=O) groups excluding carboxylic acids is 1. The molecule has 0 aliphatic carbocycles. The predicted octanol–water partition coefficient (Wildman–Crippen LogP) is 3.41. The number of amides is 1. The van der Waals surface area contributed by atoms with Gasteiger partial charge in [0.1, 0.15) is 11.4 Å². The standard InChI is InChI=1S/C20H16FN3O2/c21-18-5-4-17(19-16(18)6-11-26-19)20(25)24-9-7-23(8-10-24)15-3-1-2-14(12-15)13-22/h1-6,11-12H,7-10H2. The molecule has 2 heterocycles. The molecule has 6 heteroatoms. The third kappa shape index (κ3) is 2.78. The number of piperazine rings is 1. The van der Waals surface area contributed by atoms with Crippen molar-refractivity contribution in [3.8, 4) is 6.07 Å². The zero-order valence-electron chi connectivity index (χ0n) is 14.0. The van der Waals surface area contributed by atoms with Crippen LogP contribution >= 0.6 is 0 Å². The molecular formula is C20H16FN3O2. The number of nitrogens with zero attached hydrogens (tertiary/aromatic N) is 3. The van der Waals surface area contributed by atoms with Crippen molar-refractivity contribution in [3.05, 3.63) is 65.7 Å². The van der Waals surface area contributed by atoms with E-state index in [9.17, 15) is 9.18 Å². The van der Waals surface area contributed by atoms with Crippen molar-refractivity contribution in [1.29, 1.82) is 5.26 Å². The van der Waals surface area contributed by atoms with Crippen molar-refractivity contribution in [3.63, 3.8) is 0 Å². The highest BCUT2D eigenvalue weighted by Crippen LogP contribution is 2.25. The normalized spacial score (nSPS) is 14.5. The van der Waals surface area contributed by atoms with E-state index in [2.05, 4.69) is 11.0 Å². The first-order valence-corrected chi connectivity index (χ1v) is 8.37. The third-order valence-electron chi connectivity index (χ3n) is 4.70. The van der Waals surface area contributed by atoms with E-state index >= 15 is 0 Å². The van der Waals surface area contributed by atoms with Gasteiger partial charge in [-0.1, -0.05) is 6.07 Å². The lowest BCUT2D eigenvalue weighted by molar-refractivity contribution is 0.0747. The molecule has 1 aromatic heterocycles. The number of fused-ring (bicyclic) bond motifs is 1. The number of rotatable bonds is 2. The van der Waals surface area contributed by atoms with Crippen molar-refractivity contribution in [2.45, 2.75) is 0 Å². The van der Waals surface area contributed by atoms with Crippen LogP contribution in [0.1, 0.15) is 15.9 Å². The molecular weight excluding hydrogens is 333 g/mol. The molecule has 1 aliphatic rings. The largest absolute Gasteiger partial charge is 0.463 e. The van der Waals surface area contributed by atoms with E-state index in [1.165, 1.54) is 24.5 Å². The lowest BCUT2D eigenvalue weighted by Gasteiger charge is -2.36. The average Bonchev–Trinajstić information content (AvgIpc) is 3.19. The number of nitriles is 1. The Morgan fingerprint density at radius 2 is 1.92 bits per heavy atom. The summed E-state index contributed by atoms with van der Waals surface area (Å²) in [7, 11) is 0. The van der Waals surface area contributed by atoms with Crippen molar-refractivity contribution in [2.75, 3.05) is 31.1 Å². The van der Waals surface area contributed by atoms with Gasteiger partial charge in [-0.05, 0) is 36.4 Å². The number of carbonyl (C=O) groups is 1. The molecule has 0 unspecified atom stereocenters. The number of hydrogen-bond acceptors (Lipinski definition) is 4. The van der Waals surface area contributed by atoms with Gasteiger partial charge in [-0.25, -0.2) is 4.39 Å². The Morgan fingerprint density at radius 3 is 2.69 bits per heavy atom. The van der Waals surface area contributed by atoms with E-state index in [0.717, 1.165) is 5.69 Å². The summed E-state index contributed by atoms with van der Waals surface area (Å²) in [5, 5.41) is 9.35. The second-order valence-corrected chi connectivity index (χ2v) is 6.20. The quantitative estimate of drug-likeness (QED) is 0.711. The zero-order valence-corrected chi connectivity index (χ0v) is 14.0. The summed E-state index contributed by atoms with van der Waals surface area (Å²) in [4.78, 5) is 16.7. The molecule has 1 saturated heterocycles. The molecule has 0 N–H and O–H groups in total. The first kappa shape index (κ1) is 16.2. The highest BCUT2D eigenvalue weighted by molar-refractivity contribution is 6.05. The van der Waals surface area contributed by atoms with Crippen molar-refractivity contribution in [2.24, 2.45) is 0 Å². The van der Waals surface area contributed by atoms with Gasteiger partial charge in [-0.2, -0.15) is 5.26 Å². The summed E-state index contributed by atoms with van der Waals surface area (Å²) in [5.74, 6) is -0.553. The van der Waals surface area contributed by atoms with Crippen molar-refractivity contribution < 1.29 is 13.6 Å². The summed E-state index contributed by atoms with van der Waals surface area (Å²) in [6.45, 7) is 2.44. The Balaban J connectivity index is 1.51. The zero-order chi connectivity index (χ0) is 18.1. The fraction of sp³-hybridized carbons (Fsp3) is 0.200. The van der Waals surface area contributed by atoms with Gasteiger partial charge in [-0.15, -0.1) is 0 Å². The van der Waals surface area contributed by atoms with E-state index in [1.54, 1.807) is 11.0 Å². The van der Waals surface area contributed by atoms with Crippen LogP contribution in [0.15, 0.2) is 53.1 Å². The molecule has 1 amide bonds. The van der Waals surface area contributed by atoms with Crippen molar-refractivity contribution >= 4 is 22.6 Å². The number of benzene rings is 2. The predicted molar refractivity (Wildman–Crippen MR) is 95.4 cm³/mol. The Hall–Kier alpha value is -3.33. The summed E-state index contributed by atoms with van der Waals surface area (Å²) >= 11 is 0. The minimum atomic E-state index is -0.396. The molecule has 0 saturated carbocycles. The second-order valence-electron chi connectivity index (χ2n) is 6.20. The van der Waals surface area contributed by atoms with Crippen molar-refractivity contribution in [1.82, 2.24) is 4.90 Å². The lowest BCUT2D eigenvalue weighted by atomic mass is 10.1. The number of hydrogen-bond donors (Lipinski definition) is 0. The minimum Gasteiger partial charge on any atom is -0.463 e. The Labute approximate surface area is 149 Å². The summed E-state index contributed by atoms with van der Waals surface area (Å²) in [6.07, 6.45) is 1.39. The van der Waals surface area contributed by atoms with Crippen LogP contribution in [0.2, 0.25) is 0 Å². The maximum absolute atomic E-state index is 13.8. The third-order valence-corrected chi connectivity index (χ3v) is 4.70. The van der Waals surface area contributed by atoms with Gasteiger partial charge in [0.05, 0.1) is 28.8 Å². The number of anilines is 1. The maximum atomic E-state index is 13.8. The Morgan fingerprint density at radius 1 is 1.12 bits per heavy atom. The van der Waals surface area contributed by atoms with Gasteiger partial charge in [0, 0.05) is 31.9 Å². The summed E-state index contributed by atoms with van der Waals surface area (Å²) < 4.78 is 19.1. The first-order valence-electron chi connectivity index (χ1n) is 8.37. The Bertz CT molecular complexity index is 1010. The van der Waals surface area contributed by atoms with Crippen LogP contribution in [0.25, 0.3) is 11.0 Å². The van der Waals surface area contributed by atoms with Crippen LogP contribution in [-0.2, 0) is 0 Å². The van der Waals surface area contributed by atoms with E-state index in [-0.39, 0.29) is 5.91 Å². The molecule has 0 spiro atoms. The highest BCUT2D eigenvalue weighted by atomic mass is 19.1. The topological polar surface area (TPSA) is 60.5 Å². The van der Waals surface area contributed by atoms with Gasteiger partial charge in [0.25, 0.3) is 5.91 Å². The molecule has 26 heavy (non-hydrogen) atoms. The van der Waals surface area contributed by atoms with Crippen LogP contribution in [0.4, 0.5) is 10.1 Å². The fourth-order valence-electron chi connectivity index (χ4n) is 3.31. The molecule has 1 fully saturated rings. The van der Waals surface area contributed by atoms with E-state index in [0.29, 0.717) is 48.3 Å². The maximum Gasteiger partial charge on any atom is 0.257 e. The molecule has 5 nitrogen and oxygen atoms in total. The molecule has 0 bridgehead atoms. The van der Waals surface area contributed by atoms with Gasteiger partial charge in [0.2, 0.25) is 0 Å². The average molecular weight is 349 g/mol. The highest BCUT2D eigenvalue weighted by Gasteiger charge is 2.25. The van der Waals surface area contributed by atoms with Gasteiger partial charge < -0.3 is 14.2 Å². The van der Waals surface area contributed by atoms with E-state index in [1.807, 2.05) is 18.2 Å².